The van der Waals surface area contributed by atoms with Crippen LogP contribution in [0.15, 0.2) is 24.3 Å². The van der Waals surface area contributed by atoms with E-state index in [-0.39, 0.29) is 6.10 Å². The van der Waals surface area contributed by atoms with Gasteiger partial charge < -0.3 is 10.5 Å². The summed E-state index contributed by atoms with van der Waals surface area (Å²) in [4.78, 5) is 2.58. The SMILES string of the molecule is CC(C)Oc1ccc(CN2CC3CCCC(N)C3C2)cc1. The van der Waals surface area contributed by atoms with Gasteiger partial charge >= 0.3 is 0 Å². The molecule has 1 saturated heterocycles. The molecule has 1 aliphatic heterocycles. The third kappa shape index (κ3) is 3.58. The van der Waals surface area contributed by atoms with Crippen LogP contribution in [0.4, 0.5) is 0 Å². The molecule has 21 heavy (non-hydrogen) atoms. The van der Waals surface area contributed by atoms with E-state index in [2.05, 4.69) is 43.0 Å². The Labute approximate surface area is 128 Å². The summed E-state index contributed by atoms with van der Waals surface area (Å²) in [6.45, 7) is 7.56. The highest BCUT2D eigenvalue weighted by Gasteiger charge is 2.38. The van der Waals surface area contributed by atoms with Crippen molar-refractivity contribution in [2.75, 3.05) is 13.1 Å². The topological polar surface area (TPSA) is 38.5 Å². The monoisotopic (exact) mass is 288 g/mol. The number of fused-ring (bicyclic) bond motifs is 1. The van der Waals surface area contributed by atoms with E-state index < -0.39 is 0 Å². The Bertz CT molecular complexity index is 457. The van der Waals surface area contributed by atoms with Crippen LogP contribution >= 0.6 is 0 Å². The summed E-state index contributed by atoms with van der Waals surface area (Å²) < 4.78 is 5.70. The van der Waals surface area contributed by atoms with Crippen molar-refractivity contribution >= 4 is 0 Å². The number of hydrogen-bond donors (Lipinski definition) is 1. The van der Waals surface area contributed by atoms with Crippen LogP contribution in [0.2, 0.25) is 0 Å². The normalized spacial score (nSPS) is 29.6. The molecule has 3 heteroatoms. The zero-order chi connectivity index (χ0) is 14.8. The number of likely N-dealkylation sites (tertiary alicyclic amines) is 1. The van der Waals surface area contributed by atoms with E-state index in [4.69, 9.17) is 10.5 Å². The zero-order valence-corrected chi connectivity index (χ0v) is 13.3. The lowest BCUT2D eigenvalue weighted by atomic mass is 9.78. The minimum absolute atomic E-state index is 0.235. The highest BCUT2D eigenvalue weighted by Crippen LogP contribution is 2.36. The van der Waals surface area contributed by atoms with Gasteiger partial charge in [-0.25, -0.2) is 0 Å². The van der Waals surface area contributed by atoms with Crippen LogP contribution < -0.4 is 10.5 Å². The standard InChI is InChI=1S/C18H28N2O/c1-13(2)21-16-8-6-14(7-9-16)10-20-11-15-4-3-5-18(19)17(15)12-20/h6-9,13,15,17-18H,3-5,10-12,19H2,1-2H3. The molecule has 116 valence electrons. The first-order valence-electron chi connectivity index (χ1n) is 8.35. The molecule has 1 aromatic rings. The second-order valence-corrected chi connectivity index (χ2v) is 7.02. The van der Waals surface area contributed by atoms with E-state index in [0.717, 1.165) is 24.1 Å². The van der Waals surface area contributed by atoms with Gasteiger partial charge in [-0.3, -0.25) is 4.90 Å². The number of nitrogens with zero attached hydrogens (tertiary/aromatic N) is 1. The van der Waals surface area contributed by atoms with Crippen LogP contribution in [0.1, 0.15) is 38.7 Å². The third-order valence-electron chi connectivity index (χ3n) is 4.93. The van der Waals surface area contributed by atoms with Crippen molar-refractivity contribution in [2.24, 2.45) is 17.6 Å². The predicted molar refractivity (Wildman–Crippen MR) is 86.3 cm³/mol. The molecule has 2 fully saturated rings. The maximum atomic E-state index is 6.30. The van der Waals surface area contributed by atoms with Crippen molar-refractivity contribution in [3.8, 4) is 5.75 Å². The van der Waals surface area contributed by atoms with Crippen LogP contribution in [0.5, 0.6) is 5.75 Å². The van der Waals surface area contributed by atoms with Gasteiger partial charge in [-0.2, -0.15) is 0 Å². The highest BCUT2D eigenvalue weighted by molar-refractivity contribution is 5.27. The van der Waals surface area contributed by atoms with Crippen LogP contribution in [0.25, 0.3) is 0 Å². The molecule has 3 atom stereocenters. The molecule has 0 radical (unpaired) electrons. The fraction of sp³-hybridized carbons (Fsp3) is 0.667. The average molecular weight is 288 g/mol. The van der Waals surface area contributed by atoms with Gasteiger partial charge in [0.25, 0.3) is 0 Å². The molecule has 3 nitrogen and oxygen atoms in total. The Morgan fingerprint density at radius 3 is 2.62 bits per heavy atom. The van der Waals surface area contributed by atoms with Crippen molar-refractivity contribution in [1.82, 2.24) is 4.90 Å². The van der Waals surface area contributed by atoms with E-state index in [1.54, 1.807) is 0 Å². The van der Waals surface area contributed by atoms with Gasteiger partial charge in [0.05, 0.1) is 6.10 Å². The Hall–Kier alpha value is -1.06. The third-order valence-corrected chi connectivity index (χ3v) is 4.93. The molecule has 3 rings (SSSR count). The van der Waals surface area contributed by atoms with E-state index in [0.29, 0.717) is 6.04 Å². The maximum absolute atomic E-state index is 6.30. The number of hydrogen-bond acceptors (Lipinski definition) is 3. The summed E-state index contributed by atoms with van der Waals surface area (Å²) in [5, 5.41) is 0. The summed E-state index contributed by atoms with van der Waals surface area (Å²) in [5.74, 6) is 2.52. The number of rotatable bonds is 4. The maximum Gasteiger partial charge on any atom is 0.119 e. The quantitative estimate of drug-likeness (QED) is 0.925. The Morgan fingerprint density at radius 2 is 1.95 bits per heavy atom. The fourth-order valence-corrected chi connectivity index (χ4v) is 3.94. The average Bonchev–Trinajstić information content (AvgIpc) is 2.84. The molecule has 1 aliphatic carbocycles. The molecular formula is C18H28N2O. The summed E-state index contributed by atoms with van der Waals surface area (Å²) in [5.41, 5.74) is 7.67. The lowest BCUT2D eigenvalue weighted by Crippen LogP contribution is -2.38. The van der Waals surface area contributed by atoms with E-state index in [9.17, 15) is 0 Å². The van der Waals surface area contributed by atoms with Gasteiger partial charge in [-0.15, -0.1) is 0 Å². The first-order valence-corrected chi connectivity index (χ1v) is 8.35. The molecule has 2 N–H and O–H groups in total. The summed E-state index contributed by atoms with van der Waals surface area (Å²) in [6.07, 6.45) is 4.14. The van der Waals surface area contributed by atoms with E-state index >= 15 is 0 Å². The molecule has 2 aliphatic rings. The van der Waals surface area contributed by atoms with Gasteiger partial charge in [-0.1, -0.05) is 18.6 Å². The predicted octanol–water partition coefficient (Wildman–Crippen LogP) is 3.03. The molecule has 1 aromatic carbocycles. The summed E-state index contributed by atoms with van der Waals surface area (Å²) in [6, 6.07) is 8.99. The van der Waals surface area contributed by atoms with Crippen molar-refractivity contribution in [2.45, 2.75) is 51.8 Å². The molecule has 1 saturated carbocycles. The first kappa shape index (κ1) is 14.9. The summed E-state index contributed by atoms with van der Waals surface area (Å²) in [7, 11) is 0. The van der Waals surface area contributed by atoms with E-state index in [1.807, 2.05) is 0 Å². The van der Waals surface area contributed by atoms with Gasteiger partial charge in [0, 0.05) is 25.7 Å². The molecular weight excluding hydrogens is 260 g/mol. The Morgan fingerprint density at radius 1 is 1.19 bits per heavy atom. The molecule has 0 bridgehead atoms. The van der Waals surface area contributed by atoms with Gasteiger partial charge in [0.1, 0.15) is 5.75 Å². The van der Waals surface area contributed by atoms with Crippen LogP contribution in [0, 0.1) is 11.8 Å². The second-order valence-electron chi connectivity index (χ2n) is 7.02. The highest BCUT2D eigenvalue weighted by atomic mass is 16.5. The Kier molecular flexibility index (Phi) is 4.51. The molecule has 0 aromatic heterocycles. The minimum Gasteiger partial charge on any atom is -0.491 e. The zero-order valence-electron chi connectivity index (χ0n) is 13.3. The molecule has 0 amide bonds. The van der Waals surface area contributed by atoms with Crippen molar-refractivity contribution in [3.05, 3.63) is 29.8 Å². The lowest BCUT2D eigenvalue weighted by molar-refractivity contribution is 0.242. The Balaban J connectivity index is 1.57. The molecule has 1 heterocycles. The van der Waals surface area contributed by atoms with Gasteiger partial charge in [0.2, 0.25) is 0 Å². The number of nitrogens with two attached hydrogens (primary N) is 1. The van der Waals surface area contributed by atoms with Crippen LogP contribution in [-0.2, 0) is 6.54 Å². The minimum atomic E-state index is 0.235. The largest absolute Gasteiger partial charge is 0.491 e. The summed E-state index contributed by atoms with van der Waals surface area (Å²) >= 11 is 0. The van der Waals surface area contributed by atoms with Crippen molar-refractivity contribution in [1.29, 1.82) is 0 Å². The number of benzene rings is 1. The van der Waals surface area contributed by atoms with Gasteiger partial charge in [-0.05, 0) is 56.2 Å². The fourth-order valence-electron chi connectivity index (χ4n) is 3.94. The molecule has 0 spiro atoms. The molecule has 3 unspecified atom stereocenters. The van der Waals surface area contributed by atoms with Crippen molar-refractivity contribution in [3.63, 3.8) is 0 Å². The first-order chi connectivity index (χ1) is 10.1. The van der Waals surface area contributed by atoms with Crippen LogP contribution in [0.3, 0.4) is 0 Å². The van der Waals surface area contributed by atoms with Gasteiger partial charge in [0.15, 0.2) is 0 Å². The van der Waals surface area contributed by atoms with E-state index in [1.165, 1.54) is 37.9 Å². The number of ether oxygens (including phenoxy) is 1. The second kappa shape index (κ2) is 6.37. The smallest absolute Gasteiger partial charge is 0.119 e. The van der Waals surface area contributed by atoms with Crippen molar-refractivity contribution < 1.29 is 4.74 Å². The lowest BCUT2D eigenvalue weighted by Gasteiger charge is -2.29. The van der Waals surface area contributed by atoms with Crippen LogP contribution in [-0.4, -0.2) is 30.1 Å².